The van der Waals surface area contributed by atoms with Crippen molar-refractivity contribution < 1.29 is 8.78 Å². The van der Waals surface area contributed by atoms with Crippen LogP contribution < -0.4 is 5.32 Å². The van der Waals surface area contributed by atoms with Gasteiger partial charge in [0, 0.05) is 18.3 Å². The average molecular weight is 277 g/mol. The summed E-state index contributed by atoms with van der Waals surface area (Å²) in [6, 6.07) is 3.97. The quantitative estimate of drug-likeness (QED) is 0.924. The number of aryl methyl sites for hydroxylation is 1. The molecule has 20 heavy (non-hydrogen) atoms. The number of imidazole rings is 1. The number of benzene rings is 1. The summed E-state index contributed by atoms with van der Waals surface area (Å²) in [5.41, 5.74) is 1.11. The molecule has 0 unspecified atom stereocenters. The molecule has 0 bridgehead atoms. The van der Waals surface area contributed by atoms with Crippen LogP contribution in [0.1, 0.15) is 31.4 Å². The second-order valence-corrected chi connectivity index (χ2v) is 5.30. The molecule has 5 heteroatoms. The zero-order valence-electron chi connectivity index (χ0n) is 11.4. The predicted octanol–water partition coefficient (Wildman–Crippen LogP) is 3.81. The van der Waals surface area contributed by atoms with E-state index in [0.717, 1.165) is 24.6 Å². The molecule has 1 N–H and O–H groups in total. The van der Waals surface area contributed by atoms with Crippen LogP contribution >= 0.6 is 0 Å². The Morgan fingerprint density at radius 2 is 2.00 bits per heavy atom. The predicted molar refractivity (Wildman–Crippen MR) is 74.1 cm³/mol. The molecule has 1 aromatic carbocycles. The van der Waals surface area contributed by atoms with E-state index in [1.54, 1.807) is 10.8 Å². The lowest BCUT2D eigenvalue weighted by Gasteiger charge is -2.15. The highest BCUT2D eigenvalue weighted by Gasteiger charge is 2.18. The Labute approximate surface area is 116 Å². The van der Waals surface area contributed by atoms with Crippen LogP contribution in [0, 0.1) is 18.6 Å². The number of anilines is 1. The lowest BCUT2D eigenvalue weighted by molar-refractivity contribution is 0.577. The molecule has 1 aliphatic rings. The number of nitrogens with one attached hydrogen (secondary N) is 1. The van der Waals surface area contributed by atoms with Gasteiger partial charge >= 0.3 is 0 Å². The Hall–Kier alpha value is -1.91. The first-order chi connectivity index (χ1) is 9.63. The van der Waals surface area contributed by atoms with Crippen LogP contribution in [0.3, 0.4) is 0 Å². The SMILES string of the molecule is Cc1cn(-c2ccc(F)cc2F)c(NC2CCCC2)n1. The second kappa shape index (κ2) is 5.23. The number of hydrogen-bond acceptors (Lipinski definition) is 2. The van der Waals surface area contributed by atoms with Gasteiger partial charge in [0.25, 0.3) is 0 Å². The molecule has 0 saturated heterocycles. The van der Waals surface area contributed by atoms with Gasteiger partial charge in [-0.3, -0.25) is 4.57 Å². The van der Waals surface area contributed by atoms with Crippen molar-refractivity contribution in [3.05, 3.63) is 41.7 Å². The first kappa shape index (κ1) is 13.1. The monoisotopic (exact) mass is 277 g/mol. The summed E-state index contributed by atoms with van der Waals surface area (Å²) >= 11 is 0. The minimum Gasteiger partial charge on any atom is -0.353 e. The molecule has 0 aliphatic heterocycles. The minimum atomic E-state index is -0.586. The number of aromatic nitrogens is 2. The molecule has 1 heterocycles. The Bertz CT molecular complexity index is 616. The summed E-state index contributed by atoms with van der Waals surface area (Å²) in [5, 5.41) is 3.36. The molecule has 1 fully saturated rings. The van der Waals surface area contributed by atoms with Crippen molar-refractivity contribution in [2.45, 2.75) is 38.6 Å². The van der Waals surface area contributed by atoms with Gasteiger partial charge in [-0.1, -0.05) is 12.8 Å². The van der Waals surface area contributed by atoms with Crippen LogP contribution in [0.25, 0.3) is 5.69 Å². The Morgan fingerprint density at radius 3 is 2.70 bits per heavy atom. The molecule has 106 valence electrons. The van der Waals surface area contributed by atoms with E-state index < -0.39 is 11.6 Å². The van der Waals surface area contributed by atoms with E-state index in [9.17, 15) is 8.78 Å². The van der Waals surface area contributed by atoms with Gasteiger partial charge in [-0.15, -0.1) is 0 Å². The van der Waals surface area contributed by atoms with Gasteiger partial charge in [0.05, 0.1) is 11.4 Å². The van der Waals surface area contributed by atoms with Crippen molar-refractivity contribution >= 4 is 5.95 Å². The van der Waals surface area contributed by atoms with Crippen LogP contribution in [-0.4, -0.2) is 15.6 Å². The molecular formula is C15H17F2N3. The summed E-state index contributed by atoms with van der Waals surface area (Å²) in [5.74, 6) is -0.537. The van der Waals surface area contributed by atoms with Crippen molar-refractivity contribution in [2.75, 3.05) is 5.32 Å². The summed E-state index contributed by atoms with van der Waals surface area (Å²) < 4.78 is 28.6. The van der Waals surface area contributed by atoms with Gasteiger partial charge < -0.3 is 5.32 Å². The largest absolute Gasteiger partial charge is 0.353 e. The highest BCUT2D eigenvalue weighted by molar-refractivity contribution is 5.44. The number of hydrogen-bond donors (Lipinski definition) is 1. The van der Waals surface area contributed by atoms with Gasteiger partial charge in [0.15, 0.2) is 0 Å². The topological polar surface area (TPSA) is 29.9 Å². The fraction of sp³-hybridized carbons (Fsp3) is 0.400. The summed E-state index contributed by atoms with van der Waals surface area (Å²) in [7, 11) is 0. The third kappa shape index (κ3) is 2.53. The zero-order chi connectivity index (χ0) is 14.1. The molecule has 0 atom stereocenters. The van der Waals surface area contributed by atoms with Crippen molar-refractivity contribution in [1.82, 2.24) is 9.55 Å². The molecule has 0 amide bonds. The van der Waals surface area contributed by atoms with E-state index in [2.05, 4.69) is 10.3 Å². The van der Waals surface area contributed by atoms with Crippen LogP contribution in [0.2, 0.25) is 0 Å². The summed E-state index contributed by atoms with van der Waals surface area (Å²) in [6.45, 7) is 1.86. The molecular weight excluding hydrogens is 260 g/mol. The fourth-order valence-electron chi connectivity index (χ4n) is 2.71. The van der Waals surface area contributed by atoms with Crippen molar-refractivity contribution in [3.63, 3.8) is 0 Å². The highest BCUT2D eigenvalue weighted by atomic mass is 19.1. The molecule has 1 aromatic heterocycles. The Morgan fingerprint density at radius 1 is 1.25 bits per heavy atom. The van der Waals surface area contributed by atoms with Gasteiger partial charge in [0.2, 0.25) is 5.95 Å². The first-order valence-electron chi connectivity index (χ1n) is 6.91. The maximum atomic E-state index is 13.9. The third-order valence-electron chi connectivity index (χ3n) is 3.68. The van der Waals surface area contributed by atoms with Crippen molar-refractivity contribution in [2.24, 2.45) is 0 Å². The highest BCUT2D eigenvalue weighted by Crippen LogP contribution is 2.25. The van der Waals surface area contributed by atoms with Crippen LogP contribution in [0.4, 0.5) is 14.7 Å². The maximum Gasteiger partial charge on any atom is 0.208 e. The molecule has 0 radical (unpaired) electrons. The molecule has 2 aromatic rings. The van der Waals surface area contributed by atoms with Gasteiger partial charge in [-0.05, 0) is 31.9 Å². The second-order valence-electron chi connectivity index (χ2n) is 5.30. The van der Waals surface area contributed by atoms with Gasteiger partial charge in [-0.2, -0.15) is 0 Å². The molecule has 3 nitrogen and oxygen atoms in total. The van der Waals surface area contributed by atoms with Crippen LogP contribution in [0.5, 0.6) is 0 Å². The number of nitrogens with zero attached hydrogens (tertiary/aromatic N) is 2. The lowest BCUT2D eigenvalue weighted by Crippen LogP contribution is -2.18. The van der Waals surface area contributed by atoms with Gasteiger partial charge in [0.1, 0.15) is 11.6 Å². The van der Waals surface area contributed by atoms with Crippen LogP contribution in [0.15, 0.2) is 24.4 Å². The van der Waals surface area contributed by atoms with Gasteiger partial charge in [-0.25, -0.2) is 13.8 Å². The van der Waals surface area contributed by atoms with Crippen molar-refractivity contribution in [1.29, 1.82) is 0 Å². The van der Waals surface area contributed by atoms with Crippen molar-refractivity contribution in [3.8, 4) is 5.69 Å². The molecule has 1 saturated carbocycles. The number of rotatable bonds is 3. The Kier molecular flexibility index (Phi) is 3.42. The summed E-state index contributed by atoms with van der Waals surface area (Å²) in [4.78, 5) is 4.41. The third-order valence-corrected chi connectivity index (χ3v) is 3.68. The standard InChI is InChI=1S/C15H17F2N3/c1-10-9-20(14-7-6-11(16)8-13(14)17)15(18-10)19-12-4-2-3-5-12/h6-9,12H,2-5H2,1H3,(H,18,19). The molecule has 3 rings (SSSR count). The lowest BCUT2D eigenvalue weighted by atomic mass is 10.2. The van der Waals surface area contributed by atoms with E-state index in [1.807, 2.05) is 6.92 Å². The van der Waals surface area contributed by atoms with E-state index in [-0.39, 0.29) is 0 Å². The van der Waals surface area contributed by atoms with E-state index in [1.165, 1.54) is 25.0 Å². The average Bonchev–Trinajstić information content (AvgIpc) is 3.00. The normalized spacial score (nSPS) is 15.8. The van der Waals surface area contributed by atoms with E-state index in [4.69, 9.17) is 0 Å². The van der Waals surface area contributed by atoms with E-state index in [0.29, 0.717) is 17.7 Å². The molecule has 1 aliphatic carbocycles. The summed E-state index contributed by atoms with van der Waals surface area (Å²) in [6.07, 6.45) is 6.40. The maximum absolute atomic E-state index is 13.9. The minimum absolute atomic E-state index is 0.312. The Balaban J connectivity index is 1.95. The molecule has 0 spiro atoms. The smallest absolute Gasteiger partial charge is 0.208 e. The van der Waals surface area contributed by atoms with Crippen LogP contribution in [-0.2, 0) is 0 Å². The van der Waals surface area contributed by atoms with E-state index >= 15 is 0 Å². The first-order valence-corrected chi connectivity index (χ1v) is 6.91. The number of halogens is 2. The fourth-order valence-corrected chi connectivity index (χ4v) is 2.71. The zero-order valence-corrected chi connectivity index (χ0v) is 11.4.